The number of carbonyl (C=O) groups excluding carboxylic acids is 1. The first-order valence-corrected chi connectivity index (χ1v) is 9.63. The number of methoxy groups -OCH3 is 1. The molecule has 0 aliphatic carbocycles. The number of benzene rings is 2. The number of esters is 1. The Morgan fingerprint density at radius 1 is 0.969 bits per heavy atom. The van der Waals surface area contributed by atoms with Gasteiger partial charge in [-0.05, 0) is 42.5 Å². The predicted molar refractivity (Wildman–Crippen MR) is 112 cm³/mol. The molecule has 32 heavy (non-hydrogen) atoms. The van der Waals surface area contributed by atoms with Crippen molar-refractivity contribution in [3.05, 3.63) is 78.9 Å². The molecule has 0 N–H and O–H groups in total. The topological polar surface area (TPSA) is 93.9 Å². The van der Waals surface area contributed by atoms with Gasteiger partial charge in [-0.25, -0.2) is 9.78 Å². The maximum atomic E-state index is 12.2. The third-order valence-electron chi connectivity index (χ3n) is 4.66. The van der Waals surface area contributed by atoms with Crippen molar-refractivity contribution in [3.8, 4) is 40.4 Å². The maximum absolute atomic E-state index is 12.2. The molecule has 0 spiro atoms. The molecule has 160 valence electrons. The molecule has 9 heteroatoms. The second kappa shape index (κ2) is 8.31. The molecule has 1 aliphatic heterocycles. The van der Waals surface area contributed by atoms with Gasteiger partial charge in [-0.2, -0.15) is 4.98 Å². The predicted octanol–water partition coefficient (Wildman–Crippen LogP) is 4.37. The number of aromatic nitrogens is 3. The molecule has 3 heterocycles. The normalized spacial score (nSPS) is 11.8. The van der Waals surface area contributed by atoms with Crippen LogP contribution >= 0.6 is 0 Å². The van der Waals surface area contributed by atoms with Crippen LogP contribution in [0.4, 0.5) is 0 Å². The van der Waals surface area contributed by atoms with Crippen molar-refractivity contribution in [2.24, 2.45) is 0 Å². The summed E-state index contributed by atoms with van der Waals surface area (Å²) >= 11 is 0. The van der Waals surface area contributed by atoms with Crippen LogP contribution in [-0.2, 0) is 4.74 Å². The van der Waals surface area contributed by atoms with Crippen LogP contribution in [0.1, 0.15) is 10.4 Å². The summed E-state index contributed by atoms with van der Waals surface area (Å²) in [5, 5.41) is 0. The molecule has 4 aromatic rings. The van der Waals surface area contributed by atoms with Crippen molar-refractivity contribution in [2.75, 3.05) is 13.9 Å². The van der Waals surface area contributed by atoms with Crippen molar-refractivity contribution < 1.29 is 28.5 Å². The van der Waals surface area contributed by atoms with Crippen molar-refractivity contribution in [3.63, 3.8) is 0 Å². The Kier molecular flexibility index (Phi) is 5.04. The fourth-order valence-corrected chi connectivity index (χ4v) is 3.09. The number of ether oxygens (including phenoxy) is 5. The summed E-state index contributed by atoms with van der Waals surface area (Å²) in [6.45, 7) is 0.169. The van der Waals surface area contributed by atoms with Crippen molar-refractivity contribution in [1.82, 2.24) is 14.5 Å². The first-order chi connectivity index (χ1) is 15.7. The lowest BCUT2D eigenvalue weighted by Crippen LogP contribution is -2.06. The zero-order chi connectivity index (χ0) is 21.9. The van der Waals surface area contributed by atoms with Crippen molar-refractivity contribution in [2.45, 2.75) is 0 Å². The Balaban J connectivity index is 1.41. The summed E-state index contributed by atoms with van der Waals surface area (Å²) in [5.41, 5.74) is 1.08. The number of pyridine rings is 1. The highest BCUT2D eigenvalue weighted by molar-refractivity contribution is 5.92. The zero-order valence-corrected chi connectivity index (χ0v) is 16.9. The quantitative estimate of drug-likeness (QED) is 0.416. The molecule has 0 radical (unpaired) electrons. The van der Waals surface area contributed by atoms with E-state index in [4.69, 9.17) is 23.7 Å². The van der Waals surface area contributed by atoms with Crippen LogP contribution in [0, 0.1) is 0 Å². The standard InChI is InChI=1S/C23H17N3O6/c1-28-23(27)18-7-9-21(31-17-6-8-19-20(12-17)30-14-29-19)25-22(18)32-16-4-2-15(3-5-16)26-11-10-24-13-26/h2-13H,14H2,1H3. The van der Waals surface area contributed by atoms with Gasteiger partial charge in [0, 0.05) is 30.2 Å². The average molecular weight is 431 g/mol. The Labute approximate surface area is 182 Å². The van der Waals surface area contributed by atoms with E-state index in [1.54, 1.807) is 48.9 Å². The Morgan fingerprint density at radius 3 is 2.56 bits per heavy atom. The molecule has 0 atom stereocenters. The van der Waals surface area contributed by atoms with Crippen molar-refractivity contribution in [1.29, 1.82) is 0 Å². The summed E-state index contributed by atoms with van der Waals surface area (Å²) in [6.07, 6.45) is 5.23. The van der Waals surface area contributed by atoms with Crippen LogP contribution < -0.4 is 18.9 Å². The van der Waals surface area contributed by atoms with E-state index in [2.05, 4.69) is 9.97 Å². The van der Waals surface area contributed by atoms with Gasteiger partial charge in [-0.15, -0.1) is 0 Å². The number of hydrogen-bond donors (Lipinski definition) is 0. The van der Waals surface area contributed by atoms with Gasteiger partial charge < -0.3 is 28.3 Å². The van der Waals surface area contributed by atoms with Crippen LogP contribution in [0.25, 0.3) is 5.69 Å². The summed E-state index contributed by atoms with van der Waals surface area (Å²) in [7, 11) is 1.29. The number of carbonyl (C=O) groups is 1. The van der Waals surface area contributed by atoms with E-state index in [1.807, 2.05) is 22.9 Å². The minimum atomic E-state index is -0.572. The van der Waals surface area contributed by atoms with Gasteiger partial charge in [-0.1, -0.05) is 0 Å². The first-order valence-electron chi connectivity index (χ1n) is 9.63. The van der Waals surface area contributed by atoms with E-state index < -0.39 is 5.97 Å². The minimum Gasteiger partial charge on any atom is -0.465 e. The molecule has 0 fully saturated rings. The average Bonchev–Trinajstić information content (AvgIpc) is 3.51. The van der Waals surface area contributed by atoms with Gasteiger partial charge in [-0.3, -0.25) is 0 Å². The van der Waals surface area contributed by atoms with E-state index in [9.17, 15) is 4.79 Å². The molecule has 0 amide bonds. The second-order valence-corrected chi connectivity index (χ2v) is 6.68. The summed E-state index contributed by atoms with van der Waals surface area (Å²) in [5.74, 6) is 1.96. The monoisotopic (exact) mass is 431 g/mol. The largest absolute Gasteiger partial charge is 0.465 e. The lowest BCUT2D eigenvalue weighted by atomic mass is 10.2. The molecule has 0 saturated heterocycles. The van der Waals surface area contributed by atoms with E-state index in [0.717, 1.165) is 5.69 Å². The van der Waals surface area contributed by atoms with Gasteiger partial charge in [0.1, 0.15) is 17.1 Å². The molecule has 2 aromatic carbocycles. The van der Waals surface area contributed by atoms with Crippen LogP contribution in [-0.4, -0.2) is 34.4 Å². The summed E-state index contributed by atoms with van der Waals surface area (Å²) < 4.78 is 29.1. The molecule has 0 saturated carbocycles. The fourth-order valence-electron chi connectivity index (χ4n) is 3.09. The van der Waals surface area contributed by atoms with Crippen LogP contribution in [0.15, 0.2) is 73.3 Å². The molecule has 9 nitrogen and oxygen atoms in total. The third kappa shape index (κ3) is 3.91. The second-order valence-electron chi connectivity index (χ2n) is 6.68. The van der Waals surface area contributed by atoms with E-state index >= 15 is 0 Å². The summed E-state index contributed by atoms with van der Waals surface area (Å²) in [6, 6.07) is 15.5. The number of hydrogen-bond acceptors (Lipinski definition) is 8. The maximum Gasteiger partial charge on any atom is 0.343 e. The Bertz CT molecular complexity index is 1260. The first kappa shape index (κ1) is 19.4. The number of rotatable bonds is 6. The van der Waals surface area contributed by atoms with Gasteiger partial charge in [0.05, 0.1) is 13.4 Å². The lowest BCUT2D eigenvalue weighted by molar-refractivity contribution is 0.0597. The Morgan fingerprint density at radius 2 is 1.78 bits per heavy atom. The number of imidazole rings is 1. The zero-order valence-electron chi connectivity index (χ0n) is 16.9. The van der Waals surface area contributed by atoms with E-state index in [-0.39, 0.29) is 24.1 Å². The van der Waals surface area contributed by atoms with Gasteiger partial charge in [0.25, 0.3) is 0 Å². The molecule has 1 aliphatic rings. The van der Waals surface area contributed by atoms with Gasteiger partial charge >= 0.3 is 5.97 Å². The number of nitrogens with zero attached hydrogens (tertiary/aromatic N) is 3. The Hall–Kier alpha value is -4.53. The molecule has 0 bridgehead atoms. The SMILES string of the molecule is COC(=O)c1ccc(Oc2ccc3c(c2)OCO3)nc1Oc1ccc(-n2ccnc2)cc1. The highest BCUT2D eigenvalue weighted by atomic mass is 16.7. The number of fused-ring (bicyclic) bond motifs is 1. The highest BCUT2D eigenvalue weighted by Gasteiger charge is 2.19. The fraction of sp³-hybridized carbons (Fsp3) is 0.0870. The smallest absolute Gasteiger partial charge is 0.343 e. The van der Waals surface area contributed by atoms with Crippen LogP contribution in [0.2, 0.25) is 0 Å². The molecular weight excluding hydrogens is 414 g/mol. The van der Waals surface area contributed by atoms with Gasteiger partial charge in [0.2, 0.25) is 18.6 Å². The third-order valence-corrected chi connectivity index (χ3v) is 4.66. The molecule has 0 unspecified atom stereocenters. The van der Waals surface area contributed by atoms with Gasteiger partial charge in [0.15, 0.2) is 11.5 Å². The molecule has 2 aromatic heterocycles. The highest BCUT2D eigenvalue weighted by Crippen LogP contribution is 2.37. The summed E-state index contributed by atoms with van der Waals surface area (Å²) in [4.78, 5) is 20.6. The lowest BCUT2D eigenvalue weighted by Gasteiger charge is -2.12. The molecular formula is C23H17N3O6. The van der Waals surface area contributed by atoms with Crippen LogP contribution in [0.5, 0.6) is 34.8 Å². The van der Waals surface area contributed by atoms with Crippen LogP contribution in [0.3, 0.4) is 0 Å². The van der Waals surface area contributed by atoms with E-state index in [1.165, 1.54) is 13.2 Å². The van der Waals surface area contributed by atoms with Crippen molar-refractivity contribution >= 4 is 5.97 Å². The minimum absolute atomic E-state index is 0.0606. The molecule has 5 rings (SSSR count). The van der Waals surface area contributed by atoms with E-state index in [0.29, 0.717) is 23.0 Å².